The number of nitriles is 1. The van der Waals surface area contributed by atoms with Gasteiger partial charge in [-0.3, -0.25) is 14.9 Å². The van der Waals surface area contributed by atoms with Crippen molar-refractivity contribution in [2.45, 2.75) is 13.0 Å². The Hall–Kier alpha value is -2.88. The van der Waals surface area contributed by atoms with E-state index in [4.69, 9.17) is 5.26 Å². The van der Waals surface area contributed by atoms with Crippen molar-refractivity contribution in [3.05, 3.63) is 29.8 Å². The van der Waals surface area contributed by atoms with Crippen LogP contribution in [0.15, 0.2) is 24.3 Å². The number of nitrogens with one attached hydrogen (secondary N) is 2. The molecule has 2 rings (SSSR count). The Labute approximate surface area is 115 Å². The number of carbonyl (C=O) groups excluding carboxylic acids is 3. The van der Waals surface area contributed by atoms with E-state index in [0.717, 1.165) is 0 Å². The molecule has 1 aliphatic heterocycles. The minimum atomic E-state index is -0.576. The van der Waals surface area contributed by atoms with Crippen molar-refractivity contribution in [2.75, 3.05) is 11.9 Å². The number of hydrogen-bond acceptors (Lipinski definition) is 4. The normalized spacial score (nSPS) is 16.0. The zero-order valence-electron chi connectivity index (χ0n) is 10.7. The predicted octanol–water partition coefficient (Wildman–Crippen LogP) is 0.703. The van der Waals surface area contributed by atoms with Crippen LogP contribution < -0.4 is 10.6 Å². The molecule has 1 aromatic rings. The highest BCUT2D eigenvalue weighted by molar-refractivity contribution is 6.05. The fourth-order valence-corrected chi connectivity index (χ4v) is 1.62. The van der Waals surface area contributed by atoms with Crippen LogP contribution in [0.3, 0.4) is 0 Å². The Morgan fingerprint density at radius 1 is 1.30 bits per heavy atom. The van der Waals surface area contributed by atoms with E-state index in [-0.39, 0.29) is 5.91 Å². The van der Waals surface area contributed by atoms with Crippen LogP contribution in [0.2, 0.25) is 0 Å². The lowest BCUT2D eigenvalue weighted by Gasteiger charge is -2.06. The smallest absolute Gasteiger partial charge is 0.325 e. The van der Waals surface area contributed by atoms with Gasteiger partial charge in [-0.1, -0.05) is 0 Å². The number of carbonyl (C=O) groups is 3. The number of anilines is 1. The van der Waals surface area contributed by atoms with E-state index in [1.54, 1.807) is 12.1 Å². The van der Waals surface area contributed by atoms with Gasteiger partial charge in [-0.2, -0.15) is 5.26 Å². The Bertz CT molecular complexity index is 603. The molecule has 7 nitrogen and oxygen atoms in total. The molecule has 0 radical (unpaired) electrons. The molecule has 0 saturated carbocycles. The van der Waals surface area contributed by atoms with Crippen LogP contribution in [0.25, 0.3) is 0 Å². The van der Waals surface area contributed by atoms with E-state index in [2.05, 4.69) is 10.6 Å². The first-order chi connectivity index (χ1) is 9.51. The third-order valence-electron chi connectivity index (χ3n) is 2.71. The van der Waals surface area contributed by atoms with Crippen molar-refractivity contribution < 1.29 is 14.4 Å². The third-order valence-corrected chi connectivity index (χ3v) is 2.71. The summed E-state index contributed by atoms with van der Waals surface area (Å²) < 4.78 is 0. The van der Waals surface area contributed by atoms with E-state index in [9.17, 15) is 14.4 Å². The minimum Gasteiger partial charge on any atom is -0.326 e. The predicted molar refractivity (Wildman–Crippen MR) is 69.7 cm³/mol. The largest absolute Gasteiger partial charge is 0.326 e. The van der Waals surface area contributed by atoms with Gasteiger partial charge in [-0.25, -0.2) is 4.79 Å². The molecule has 7 heteroatoms. The lowest BCUT2D eigenvalue weighted by Crippen LogP contribution is -2.34. The molecule has 0 spiro atoms. The molecule has 4 amide bonds. The van der Waals surface area contributed by atoms with Crippen LogP contribution in [-0.2, 0) is 4.79 Å². The minimum absolute atomic E-state index is 0.207. The second-order valence-electron chi connectivity index (χ2n) is 4.32. The first kappa shape index (κ1) is 13.5. The summed E-state index contributed by atoms with van der Waals surface area (Å²) in [5.74, 6) is -0.755. The van der Waals surface area contributed by atoms with Crippen molar-refractivity contribution >= 4 is 23.5 Å². The molecule has 102 valence electrons. The molecule has 20 heavy (non-hydrogen) atoms. The van der Waals surface area contributed by atoms with Crippen LogP contribution in [0, 0.1) is 11.3 Å². The summed E-state index contributed by atoms with van der Waals surface area (Å²) in [6.07, 6.45) is 0. The molecular formula is C13H12N4O3. The Morgan fingerprint density at radius 3 is 2.45 bits per heavy atom. The summed E-state index contributed by atoms with van der Waals surface area (Å²) >= 11 is 0. The molecule has 0 bridgehead atoms. The maximum Gasteiger partial charge on any atom is 0.325 e. The summed E-state index contributed by atoms with van der Waals surface area (Å²) in [6.45, 7) is 1.73. The van der Waals surface area contributed by atoms with Crippen molar-refractivity contribution in [3.63, 3.8) is 0 Å². The van der Waals surface area contributed by atoms with Gasteiger partial charge in [-0.15, -0.1) is 0 Å². The number of hydrogen-bond donors (Lipinski definition) is 2. The number of nitrogens with zero attached hydrogens (tertiary/aromatic N) is 2. The Morgan fingerprint density at radius 2 is 1.95 bits per heavy atom. The fourth-order valence-electron chi connectivity index (χ4n) is 1.62. The van der Waals surface area contributed by atoms with E-state index < -0.39 is 18.0 Å². The summed E-state index contributed by atoms with van der Waals surface area (Å²) in [5.41, 5.74) is 0.860. The maximum absolute atomic E-state index is 11.8. The van der Waals surface area contributed by atoms with Crippen molar-refractivity contribution in [1.82, 2.24) is 10.2 Å². The molecule has 1 fully saturated rings. The first-order valence-corrected chi connectivity index (χ1v) is 5.90. The molecule has 2 N–H and O–H groups in total. The highest BCUT2D eigenvalue weighted by atomic mass is 16.2. The van der Waals surface area contributed by atoms with Gasteiger partial charge in [0.2, 0.25) is 5.91 Å². The molecule has 1 aliphatic rings. The van der Waals surface area contributed by atoms with Gasteiger partial charge in [0.25, 0.3) is 5.91 Å². The van der Waals surface area contributed by atoms with Crippen LogP contribution in [0.1, 0.15) is 17.3 Å². The summed E-state index contributed by atoms with van der Waals surface area (Å²) in [4.78, 5) is 35.4. The quantitative estimate of drug-likeness (QED) is 0.773. The highest BCUT2D eigenvalue weighted by Crippen LogP contribution is 2.16. The zero-order valence-corrected chi connectivity index (χ0v) is 10.7. The van der Waals surface area contributed by atoms with Crippen LogP contribution >= 0.6 is 0 Å². The standard InChI is InChI=1S/C13H12N4O3/c1-8(18)15-10-4-2-9(3-5-10)12(19)16-13(20)17-7-11(17)6-14/h2-5,11H,7H2,1H3,(H,15,18)(H,16,19,20). The van der Waals surface area contributed by atoms with E-state index >= 15 is 0 Å². The monoisotopic (exact) mass is 272 g/mol. The van der Waals surface area contributed by atoms with Gasteiger partial charge in [0.15, 0.2) is 0 Å². The van der Waals surface area contributed by atoms with Gasteiger partial charge in [-0.05, 0) is 24.3 Å². The highest BCUT2D eigenvalue weighted by Gasteiger charge is 2.39. The summed E-state index contributed by atoms with van der Waals surface area (Å²) in [6, 6.07) is 7.03. The van der Waals surface area contributed by atoms with Crippen LogP contribution in [0.4, 0.5) is 10.5 Å². The summed E-state index contributed by atoms with van der Waals surface area (Å²) in [7, 11) is 0. The van der Waals surface area contributed by atoms with Gasteiger partial charge in [0, 0.05) is 18.2 Å². The molecule has 1 saturated heterocycles. The topological polar surface area (TPSA) is 102 Å². The van der Waals surface area contributed by atoms with E-state index in [1.165, 1.54) is 24.0 Å². The molecular weight excluding hydrogens is 260 g/mol. The molecule has 1 atom stereocenters. The second-order valence-corrected chi connectivity index (χ2v) is 4.32. The average molecular weight is 272 g/mol. The molecule has 0 aliphatic carbocycles. The first-order valence-electron chi connectivity index (χ1n) is 5.90. The van der Waals surface area contributed by atoms with Gasteiger partial charge < -0.3 is 10.2 Å². The van der Waals surface area contributed by atoms with Crippen LogP contribution in [-0.4, -0.2) is 35.3 Å². The fraction of sp³-hybridized carbons (Fsp3) is 0.231. The number of rotatable bonds is 2. The van der Waals surface area contributed by atoms with Crippen molar-refractivity contribution in [1.29, 1.82) is 5.26 Å². The van der Waals surface area contributed by atoms with Gasteiger partial charge in [0.1, 0.15) is 6.04 Å². The van der Waals surface area contributed by atoms with E-state index in [1.807, 2.05) is 6.07 Å². The maximum atomic E-state index is 11.8. The molecule has 1 unspecified atom stereocenters. The number of urea groups is 1. The number of imide groups is 1. The SMILES string of the molecule is CC(=O)Nc1ccc(C(=O)NC(=O)N2CC2C#N)cc1. The van der Waals surface area contributed by atoms with Crippen molar-refractivity contribution in [2.24, 2.45) is 0 Å². The van der Waals surface area contributed by atoms with Crippen LogP contribution in [0.5, 0.6) is 0 Å². The lowest BCUT2D eigenvalue weighted by atomic mass is 10.2. The van der Waals surface area contributed by atoms with Gasteiger partial charge in [0.05, 0.1) is 12.6 Å². The molecule has 0 aromatic heterocycles. The van der Waals surface area contributed by atoms with Crippen molar-refractivity contribution in [3.8, 4) is 6.07 Å². The average Bonchev–Trinajstić information content (AvgIpc) is 3.18. The Balaban J connectivity index is 1.94. The number of benzene rings is 1. The Kier molecular flexibility index (Phi) is 3.66. The summed E-state index contributed by atoms with van der Waals surface area (Å²) in [5, 5.41) is 13.4. The van der Waals surface area contributed by atoms with E-state index in [0.29, 0.717) is 17.8 Å². The third kappa shape index (κ3) is 3.11. The van der Waals surface area contributed by atoms with Gasteiger partial charge >= 0.3 is 6.03 Å². The zero-order chi connectivity index (χ0) is 14.7. The molecule has 1 aromatic carbocycles. The second kappa shape index (κ2) is 5.40. The lowest BCUT2D eigenvalue weighted by molar-refractivity contribution is -0.114. The molecule has 1 heterocycles. The number of amides is 4.